The van der Waals surface area contributed by atoms with Crippen LogP contribution in [0.1, 0.15) is 31.7 Å². The molecule has 20 heavy (non-hydrogen) atoms. The minimum atomic E-state index is 0.711. The number of ether oxygens (including phenoxy) is 1. The van der Waals surface area contributed by atoms with Crippen LogP contribution in [0.2, 0.25) is 0 Å². The van der Waals surface area contributed by atoms with Crippen LogP contribution in [0, 0.1) is 6.92 Å². The van der Waals surface area contributed by atoms with Crippen LogP contribution in [-0.4, -0.2) is 43.7 Å². The van der Waals surface area contributed by atoms with Gasteiger partial charge in [-0.25, -0.2) is 0 Å². The topological polar surface area (TPSA) is 24.5 Å². The van der Waals surface area contributed by atoms with Crippen LogP contribution in [0.3, 0.4) is 0 Å². The van der Waals surface area contributed by atoms with Crippen LogP contribution in [-0.2, 0) is 0 Å². The molecule has 0 amide bonds. The minimum absolute atomic E-state index is 0.711. The van der Waals surface area contributed by atoms with Crippen molar-refractivity contribution in [1.82, 2.24) is 10.2 Å². The molecule has 3 nitrogen and oxygen atoms in total. The van der Waals surface area contributed by atoms with Gasteiger partial charge in [-0.1, -0.05) is 17.7 Å². The van der Waals surface area contributed by atoms with Gasteiger partial charge in [0.1, 0.15) is 5.75 Å². The highest BCUT2D eigenvalue weighted by molar-refractivity contribution is 5.26. The molecule has 1 heterocycles. The lowest BCUT2D eigenvalue weighted by molar-refractivity contribution is 0.207. The minimum Gasteiger partial charge on any atom is -0.494 e. The summed E-state index contributed by atoms with van der Waals surface area (Å²) in [4.78, 5) is 2.60. The zero-order chi connectivity index (χ0) is 14.2. The molecule has 0 bridgehead atoms. The third kappa shape index (κ3) is 5.14. The third-order valence-corrected chi connectivity index (χ3v) is 4.07. The maximum Gasteiger partial charge on any atom is 0.119 e. The van der Waals surface area contributed by atoms with Gasteiger partial charge in [0.25, 0.3) is 0 Å². The first-order valence-electron chi connectivity index (χ1n) is 7.90. The molecule has 0 spiro atoms. The first-order chi connectivity index (χ1) is 9.75. The molecule has 1 unspecified atom stereocenters. The normalized spacial score (nSPS) is 20.6. The Bertz CT molecular complexity index is 377. The van der Waals surface area contributed by atoms with Gasteiger partial charge in [0.15, 0.2) is 0 Å². The zero-order valence-corrected chi connectivity index (χ0v) is 12.9. The average Bonchev–Trinajstić information content (AvgIpc) is 2.66. The van der Waals surface area contributed by atoms with E-state index < -0.39 is 0 Å². The van der Waals surface area contributed by atoms with Crippen molar-refractivity contribution >= 4 is 0 Å². The van der Waals surface area contributed by atoms with Crippen LogP contribution in [0.4, 0.5) is 0 Å². The molecule has 3 heteroatoms. The molecular formula is C17H28N2O. The predicted octanol–water partition coefficient (Wildman–Crippen LogP) is 2.84. The van der Waals surface area contributed by atoms with Gasteiger partial charge in [0.05, 0.1) is 6.61 Å². The lowest BCUT2D eigenvalue weighted by Crippen LogP contribution is -2.35. The Balaban J connectivity index is 1.60. The highest BCUT2D eigenvalue weighted by Crippen LogP contribution is 2.12. The molecule has 112 valence electrons. The van der Waals surface area contributed by atoms with Crippen molar-refractivity contribution in [3.63, 3.8) is 0 Å². The van der Waals surface area contributed by atoms with Crippen molar-refractivity contribution in [3.8, 4) is 5.75 Å². The number of unbranched alkanes of at least 4 members (excludes halogenated alkanes) is 1. The van der Waals surface area contributed by atoms with Crippen LogP contribution >= 0.6 is 0 Å². The third-order valence-electron chi connectivity index (χ3n) is 4.07. The fraction of sp³-hybridized carbons (Fsp3) is 0.647. The highest BCUT2D eigenvalue weighted by atomic mass is 16.5. The van der Waals surface area contributed by atoms with E-state index in [2.05, 4.69) is 48.3 Å². The Morgan fingerprint density at radius 1 is 1.20 bits per heavy atom. The molecule has 1 aromatic carbocycles. The summed E-state index contributed by atoms with van der Waals surface area (Å²) >= 11 is 0. The van der Waals surface area contributed by atoms with Gasteiger partial charge < -0.3 is 10.1 Å². The van der Waals surface area contributed by atoms with Gasteiger partial charge in [-0.15, -0.1) is 0 Å². The van der Waals surface area contributed by atoms with Crippen LogP contribution in [0.5, 0.6) is 5.75 Å². The summed E-state index contributed by atoms with van der Waals surface area (Å²) in [5, 5.41) is 3.47. The van der Waals surface area contributed by atoms with E-state index in [4.69, 9.17) is 4.74 Å². The maximum absolute atomic E-state index is 5.77. The van der Waals surface area contributed by atoms with E-state index in [0.29, 0.717) is 6.04 Å². The molecule has 0 saturated carbocycles. The van der Waals surface area contributed by atoms with Crippen molar-refractivity contribution in [2.24, 2.45) is 0 Å². The SMILES string of the molecule is Cc1ccc(OCCCCN2CCNCCC2C)cc1. The fourth-order valence-corrected chi connectivity index (χ4v) is 2.64. The molecule has 1 aliphatic heterocycles. The Hall–Kier alpha value is -1.06. The molecule has 0 aromatic heterocycles. The van der Waals surface area contributed by atoms with E-state index in [9.17, 15) is 0 Å². The summed E-state index contributed by atoms with van der Waals surface area (Å²) in [5.41, 5.74) is 1.28. The summed E-state index contributed by atoms with van der Waals surface area (Å²) in [5.74, 6) is 0.989. The second-order valence-corrected chi connectivity index (χ2v) is 5.79. The van der Waals surface area contributed by atoms with Crippen molar-refractivity contribution in [1.29, 1.82) is 0 Å². The Kier molecular flexibility index (Phi) is 6.34. The number of aryl methyl sites for hydroxylation is 1. The second-order valence-electron chi connectivity index (χ2n) is 5.79. The molecule has 1 aromatic rings. The van der Waals surface area contributed by atoms with Crippen molar-refractivity contribution < 1.29 is 4.74 Å². The van der Waals surface area contributed by atoms with Crippen LogP contribution < -0.4 is 10.1 Å². The van der Waals surface area contributed by atoms with Crippen molar-refractivity contribution in [2.75, 3.05) is 32.8 Å². The highest BCUT2D eigenvalue weighted by Gasteiger charge is 2.15. The van der Waals surface area contributed by atoms with Crippen molar-refractivity contribution in [3.05, 3.63) is 29.8 Å². The summed E-state index contributed by atoms with van der Waals surface area (Å²) in [6.45, 7) is 9.93. The quantitative estimate of drug-likeness (QED) is 0.809. The molecule has 1 atom stereocenters. The van der Waals surface area contributed by atoms with E-state index in [-0.39, 0.29) is 0 Å². The first kappa shape index (κ1) is 15.3. The number of nitrogens with zero attached hydrogens (tertiary/aromatic N) is 1. The molecule has 2 rings (SSSR count). The van der Waals surface area contributed by atoms with Gasteiger partial charge in [0, 0.05) is 19.1 Å². The van der Waals surface area contributed by atoms with E-state index in [0.717, 1.165) is 31.9 Å². The smallest absolute Gasteiger partial charge is 0.119 e. The molecule has 1 fully saturated rings. The molecule has 1 N–H and O–H groups in total. The largest absolute Gasteiger partial charge is 0.494 e. The van der Waals surface area contributed by atoms with E-state index in [1.807, 2.05) is 0 Å². The predicted molar refractivity (Wildman–Crippen MR) is 84.4 cm³/mol. The van der Waals surface area contributed by atoms with E-state index in [1.165, 1.54) is 31.5 Å². The fourth-order valence-electron chi connectivity index (χ4n) is 2.64. The Morgan fingerprint density at radius 2 is 2.00 bits per heavy atom. The van der Waals surface area contributed by atoms with Gasteiger partial charge in [0.2, 0.25) is 0 Å². The number of hydrogen-bond acceptors (Lipinski definition) is 3. The van der Waals surface area contributed by atoms with Gasteiger partial charge in [-0.2, -0.15) is 0 Å². The van der Waals surface area contributed by atoms with Gasteiger partial charge >= 0.3 is 0 Å². The van der Waals surface area contributed by atoms with Gasteiger partial charge in [-0.05, 0) is 58.3 Å². The lowest BCUT2D eigenvalue weighted by atomic mass is 10.2. The number of benzene rings is 1. The monoisotopic (exact) mass is 276 g/mol. The molecule has 1 aliphatic rings. The summed E-state index contributed by atoms with van der Waals surface area (Å²) in [7, 11) is 0. The molecule has 0 radical (unpaired) electrons. The number of rotatable bonds is 6. The average molecular weight is 276 g/mol. The Morgan fingerprint density at radius 3 is 2.80 bits per heavy atom. The summed E-state index contributed by atoms with van der Waals surface area (Å²) in [6, 6.07) is 9.01. The van der Waals surface area contributed by atoms with Gasteiger partial charge in [-0.3, -0.25) is 4.90 Å². The summed E-state index contributed by atoms with van der Waals surface area (Å²) in [6.07, 6.45) is 3.61. The number of hydrogen-bond donors (Lipinski definition) is 1. The molecular weight excluding hydrogens is 248 g/mol. The standard InChI is InChI=1S/C17H28N2O/c1-15-5-7-17(8-6-15)20-14-4-3-12-19-13-11-18-10-9-16(19)2/h5-8,16,18H,3-4,9-14H2,1-2H3. The number of nitrogens with one attached hydrogen (secondary N) is 1. The first-order valence-corrected chi connectivity index (χ1v) is 7.90. The van der Waals surface area contributed by atoms with Crippen LogP contribution in [0.15, 0.2) is 24.3 Å². The maximum atomic E-state index is 5.77. The molecule has 0 aliphatic carbocycles. The van der Waals surface area contributed by atoms with E-state index >= 15 is 0 Å². The molecule has 1 saturated heterocycles. The Labute approximate surface area is 123 Å². The van der Waals surface area contributed by atoms with Crippen molar-refractivity contribution in [2.45, 2.75) is 39.2 Å². The second kappa shape index (κ2) is 8.28. The summed E-state index contributed by atoms with van der Waals surface area (Å²) < 4.78 is 5.77. The lowest BCUT2D eigenvalue weighted by Gasteiger charge is -2.26. The van der Waals surface area contributed by atoms with E-state index in [1.54, 1.807) is 0 Å². The zero-order valence-electron chi connectivity index (χ0n) is 12.9. The van der Waals surface area contributed by atoms with Crippen LogP contribution in [0.25, 0.3) is 0 Å².